The largest absolute Gasteiger partial charge is 0.507 e. The van der Waals surface area contributed by atoms with Crippen LogP contribution >= 0.6 is 11.6 Å². The third-order valence-corrected chi connectivity index (χ3v) is 5.37. The Hall–Kier alpha value is -3.77. The van der Waals surface area contributed by atoms with E-state index in [0.717, 1.165) is 0 Å². The molecule has 31 heavy (non-hydrogen) atoms. The van der Waals surface area contributed by atoms with Crippen molar-refractivity contribution in [1.29, 1.82) is 0 Å². The van der Waals surface area contributed by atoms with Crippen LogP contribution in [0.15, 0.2) is 78.4 Å². The third-order valence-electron chi connectivity index (χ3n) is 5.12. The number of hydrogen-bond acceptors (Lipinski definition) is 5. The van der Waals surface area contributed by atoms with E-state index in [1.807, 2.05) is 0 Å². The standard InChI is InChI=1S/C24H18ClNO5/c1-31-19-12-7-15(13-18(19)27)21-20(22(28)14-5-3-2-4-6-14)23(29)24(30)26(21)17-10-8-16(25)9-11-17/h2-13,21,27-28H,1H3/b22-20-. The lowest BCUT2D eigenvalue weighted by atomic mass is 9.95. The molecule has 0 radical (unpaired) electrons. The first-order valence-electron chi connectivity index (χ1n) is 9.41. The number of carbonyl (C=O) groups is 2. The van der Waals surface area contributed by atoms with Gasteiger partial charge in [0.15, 0.2) is 11.5 Å². The highest BCUT2D eigenvalue weighted by molar-refractivity contribution is 6.51. The minimum absolute atomic E-state index is 0.0734. The number of phenols is 1. The number of ketones is 1. The first-order chi connectivity index (χ1) is 14.9. The zero-order valence-electron chi connectivity index (χ0n) is 16.4. The van der Waals surface area contributed by atoms with Gasteiger partial charge in [-0.05, 0) is 42.0 Å². The van der Waals surface area contributed by atoms with Crippen LogP contribution in [-0.2, 0) is 9.59 Å². The number of hydrogen-bond donors (Lipinski definition) is 2. The number of aliphatic hydroxyl groups excluding tert-OH is 1. The number of aromatic hydroxyl groups is 1. The maximum absolute atomic E-state index is 13.0. The first kappa shape index (κ1) is 20.5. The number of methoxy groups -OCH3 is 1. The fourth-order valence-electron chi connectivity index (χ4n) is 3.64. The maximum atomic E-state index is 13.0. The van der Waals surface area contributed by atoms with Gasteiger partial charge >= 0.3 is 0 Å². The van der Waals surface area contributed by atoms with Crippen molar-refractivity contribution in [3.63, 3.8) is 0 Å². The second-order valence-corrected chi connectivity index (χ2v) is 7.38. The van der Waals surface area contributed by atoms with Crippen molar-refractivity contribution < 1.29 is 24.5 Å². The average molecular weight is 436 g/mol. The fraction of sp³-hybridized carbons (Fsp3) is 0.0833. The van der Waals surface area contributed by atoms with E-state index in [4.69, 9.17) is 16.3 Å². The normalized spacial score (nSPS) is 17.7. The van der Waals surface area contributed by atoms with E-state index in [-0.39, 0.29) is 22.8 Å². The van der Waals surface area contributed by atoms with Gasteiger partial charge in [0.1, 0.15) is 5.76 Å². The molecule has 1 fully saturated rings. The zero-order chi connectivity index (χ0) is 22.1. The minimum Gasteiger partial charge on any atom is -0.507 e. The molecule has 7 heteroatoms. The van der Waals surface area contributed by atoms with Crippen LogP contribution in [0.25, 0.3) is 5.76 Å². The number of nitrogens with zero attached hydrogens (tertiary/aromatic N) is 1. The highest BCUT2D eigenvalue weighted by atomic mass is 35.5. The van der Waals surface area contributed by atoms with Crippen molar-refractivity contribution in [2.75, 3.05) is 12.0 Å². The number of carbonyl (C=O) groups excluding carboxylic acids is 2. The topological polar surface area (TPSA) is 87.1 Å². The summed E-state index contributed by atoms with van der Waals surface area (Å²) in [6, 6.07) is 18.6. The second kappa shape index (κ2) is 8.16. The maximum Gasteiger partial charge on any atom is 0.300 e. The number of ether oxygens (including phenoxy) is 1. The first-order valence-corrected chi connectivity index (χ1v) is 9.79. The predicted octanol–water partition coefficient (Wildman–Crippen LogP) is 4.68. The summed E-state index contributed by atoms with van der Waals surface area (Å²) in [4.78, 5) is 27.4. The van der Waals surface area contributed by atoms with Gasteiger partial charge in [-0.2, -0.15) is 0 Å². The van der Waals surface area contributed by atoms with Gasteiger partial charge in [-0.25, -0.2) is 0 Å². The monoisotopic (exact) mass is 435 g/mol. The number of Topliss-reactive ketones (excluding diaryl/α,β-unsaturated/α-hetero) is 1. The molecule has 3 aromatic carbocycles. The lowest BCUT2D eigenvalue weighted by Gasteiger charge is -2.25. The molecule has 1 saturated heterocycles. The number of rotatable bonds is 4. The number of anilines is 1. The highest BCUT2D eigenvalue weighted by Gasteiger charge is 2.47. The zero-order valence-corrected chi connectivity index (χ0v) is 17.2. The Kier molecular flexibility index (Phi) is 5.40. The van der Waals surface area contributed by atoms with Gasteiger partial charge in [-0.1, -0.05) is 48.0 Å². The van der Waals surface area contributed by atoms with Crippen molar-refractivity contribution in [1.82, 2.24) is 0 Å². The van der Waals surface area contributed by atoms with E-state index in [2.05, 4.69) is 0 Å². The van der Waals surface area contributed by atoms with Crippen molar-refractivity contribution >= 4 is 34.7 Å². The van der Waals surface area contributed by atoms with E-state index in [9.17, 15) is 19.8 Å². The number of phenolic OH excluding ortho intramolecular Hbond substituents is 1. The van der Waals surface area contributed by atoms with Crippen LogP contribution in [0.4, 0.5) is 5.69 Å². The van der Waals surface area contributed by atoms with Gasteiger partial charge in [-0.15, -0.1) is 0 Å². The minimum atomic E-state index is -0.960. The molecule has 1 amide bonds. The van der Waals surface area contributed by atoms with Crippen molar-refractivity contribution in [2.24, 2.45) is 0 Å². The summed E-state index contributed by atoms with van der Waals surface area (Å²) in [7, 11) is 1.42. The Morgan fingerprint density at radius 3 is 2.29 bits per heavy atom. The van der Waals surface area contributed by atoms with Crippen LogP contribution in [0.1, 0.15) is 17.2 Å². The molecule has 6 nitrogen and oxygen atoms in total. The number of benzene rings is 3. The molecule has 2 N–H and O–H groups in total. The Morgan fingerprint density at radius 2 is 1.68 bits per heavy atom. The molecule has 1 unspecified atom stereocenters. The Labute approximate surface area is 183 Å². The molecule has 0 saturated carbocycles. The van der Waals surface area contributed by atoms with Crippen LogP contribution < -0.4 is 9.64 Å². The predicted molar refractivity (Wildman–Crippen MR) is 117 cm³/mol. The molecule has 0 bridgehead atoms. The lowest BCUT2D eigenvalue weighted by molar-refractivity contribution is -0.132. The summed E-state index contributed by atoms with van der Waals surface area (Å²) < 4.78 is 5.10. The van der Waals surface area contributed by atoms with E-state index in [1.165, 1.54) is 24.1 Å². The SMILES string of the molecule is COc1ccc(C2/C(=C(/O)c3ccccc3)C(=O)C(=O)N2c2ccc(Cl)cc2)cc1O. The van der Waals surface area contributed by atoms with Crippen LogP contribution in [-0.4, -0.2) is 29.0 Å². The van der Waals surface area contributed by atoms with Crippen molar-refractivity contribution in [2.45, 2.75) is 6.04 Å². The molecule has 3 aromatic rings. The summed E-state index contributed by atoms with van der Waals surface area (Å²) in [5, 5.41) is 21.8. The number of aliphatic hydroxyl groups is 1. The molecule has 156 valence electrons. The summed E-state index contributed by atoms with van der Waals surface area (Å²) in [6.45, 7) is 0. The molecule has 1 atom stereocenters. The van der Waals surface area contributed by atoms with Crippen LogP contribution in [0.3, 0.4) is 0 Å². The Morgan fingerprint density at radius 1 is 1.00 bits per heavy atom. The summed E-state index contributed by atoms with van der Waals surface area (Å²) in [6.07, 6.45) is 0. The molecule has 1 aliphatic heterocycles. The average Bonchev–Trinajstić information content (AvgIpc) is 3.05. The van der Waals surface area contributed by atoms with Crippen LogP contribution in [0.5, 0.6) is 11.5 Å². The Bertz CT molecular complexity index is 1190. The van der Waals surface area contributed by atoms with Gasteiger partial charge in [0, 0.05) is 16.3 Å². The lowest BCUT2D eigenvalue weighted by Crippen LogP contribution is -2.29. The fourth-order valence-corrected chi connectivity index (χ4v) is 3.77. The number of amides is 1. The summed E-state index contributed by atoms with van der Waals surface area (Å²) in [5.74, 6) is -1.82. The molecule has 1 aliphatic rings. The highest BCUT2D eigenvalue weighted by Crippen LogP contribution is 2.44. The third kappa shape index (κ3) is 3.62. The molecule has 1 heterocycles. The van der Waals surface area contributed by atoms with Gasteiger partial charge < -0.3 is 14.9 Å². The van der Waals surface area contributed by atoms with E-state index in [1.54, 1.807) is 60.7 Å². The Balaban J connectivity index is 1.95. The molecule has 0 aliphatic carbocycles. The van der Waals surface area contributed by atoms with E-state index in [0.29, 0.717) is 21.8 Å². The smallest absolute Gasteiger partial charge is 0.300 e. The molecule has 0 spiro atoms. The van der Waals surface area contributed by atoms with Gasteiger partial charge in [-0.3, -0.25) is 14.5 Å². The second-order valence-electron chi connectivity index (χ2n) is 6.94. The molecule has 0 aromatic heterocycles. The van der Waals surface area contributed by atoms with E-state index >= 15 is 0 Å². The van der Waals surface area contributed by atoms with E-state index < -0.39 is 17.7 Å². The number of halogens is 1. The summed E-state index contributed by atoms with van der Waals surface area (Å²) in [5.41, 5.74) is 1.19. The quantitative estimate of drug-likeness (QED) is 0.353. The van der Waals surface area contributed by atoms with Gasteiger partial charge in [0.2, 0.25) is 0 Å². The van der Waals surface area contributed by atoms with Crippen molar-refractivity contribution in [3.8, 4) is 11.5 Å². The van der Waals surface area contributed by atoms with Gasteiger partial charge in [0.05, 0.1) is 18.7 Å². The van der Waals surface area contributed by atoms with Crippen LogP contribution in [0, 0.1) is 0 Å². The molecular formula is C24H18ClNO5. The van der Waals surface area contributed by atoms with Gasteiger partial charge in [0.25, 0.3) is 11.7 Å². The van der Waals surface area contributed by atoms with Crippen molar-refractivity contribution in [3.05, 3.63) is 94.5 Å². The van der Waals surface area contributed by atoms with Crippen LogP contribution in [0.2, 0.25) is 5.02 Å². The molecule has 4 rings (SSSR count). The summed E-state index contributed by atoms with van der Waals surface area (Å²) >= 11 is 5.98. The molecular weight excluding hydrogens is 418 g/mol.